The molecule has 3 amide bonds. The van der Waals surface area contributed by atoms with E-state index < -0.39 is 29.4 Å². The molecule has 0 aliphatic carbocycles. The minimum Gasteiger partial charge on any atom is -0.493 e. The molecule has 1 saturated heterocycles. The molecule has 2 aromatic rings. The molecule has 3 N–H and O–H groups in total. The predicted octanol–water partition coefficient (Wildman–Crippen LogP) is 3.96. The average Bonchev–Trinajstić information content (AvgIpc) is 3.40. The Bertz CT molecular complexity index is 1590. The first kappa shape index (κ1) is 37.0. The van der Waals surface area contributed by atoms with E-state index in [0.29, 0.717) is 56.2 Å². The molecule has 2 aliphatic rings. The average molecular weight is 687 g/mol. The van der Waals surface area contributed by atoms with Gasteiger partial charge in [0.2, 0.25) is 0 Å². The van der Waals surface area contributed by atoms with Crippen molar-refractivity contribution in [3.8, 4) is 11.5 Å². The van der Waals surface area contributed by atoms with Gasteiger partial charge in [-0.2, -0.15) is 0 Å². The van der Waals surface area contributed by atoms with Gasteiger partial charge in [0.25, 0.3) is 11.8 Å². The van der Waals surface area contributed by atoms with E-state index in [1.807, 2.05) is 18.7 Å². The van der Waals surface area contributed by atoms with Crippen LogP contribution in [0.4, 0.5) is 9.18 Å². The van der Waals surface area contributed by atoms with Crippen LogP contribution in [0.15, 0.2) is 24.8 Å². The second kappa shape index (κ2) is 15.2. The molecule has 3 heterocycles. The quantitative estimate of drug-likeness (QED) is 0.145. The van der Waals surface area contributed by atoms with E-state index >= 15 is 0 Å². The zero-order valence-corrected chi connectivity index (χ0v) is 29.1. The normalized spacial score (nSPS) is 16.3. The number of hydrogen-bond acceptors (Lipinski definition) is 9. The maximum absolute atomic E-state index is 14.4. The second-order valence-electron chi connectivity index (χ2n) is 13.1. The lowest BCUT2D eigenvalue weighted by molar-refractivity contribution is -0.137. The minimum absolute atomic E-state index is 0.0143. The van der Waals surface area contributed by atoms with Crippen LogP contribution in [0.1, 0.15) is 85.6 Å². The summed E-state index contributed by atoms with van der Waals surface area (Å²) in [5.74, 6) is 4.07. The molecular weight excluding hydrogens is 639 g/mol. The predicted molar refractivity (Wildman–Crippen MR) is 179 cm³/mol. The van der Waals surface area contributed by atoms with E-state index in [9.17, 15) is 23.6 Å². The molecule has 1 aromatic heterocycles. The summed E-state index contributed by atoms with van der Waals surface area (Å²) < 4.78 is 33.0. The van der Waals surface area contributed by atoms with Crippen molar-refractivity contribution in [3.05, 3.63) is 53.1 Å². The molecule has 1 atom stereocenters. The number of piperazine rings is 1. The van der Waals surface area contributed by atoms with Crippen LogP contribution in [-0.2, 0) is 16.1 Å². The van der Waals surface area contributed by atoms with E-state index in [4.69, 9.17) is 25.2 Å². The van der Waals surface area contributed by atoms with E-state index in [-0.39, 0.29) is 60.7 Å². The lowest BCUT2D eigenvalue weighted by Crippen LogP contribution is -2.49. The van der Waals surface area contributed by atoms with Crippen LogP contribution < -0.4 is 15.3 Å². The number of likely N-dealkylation sites (N-methyl/N-ethyl adjacent to an activating group) is 1. The molecule has 0 radical (unpaired) electrons. The number of amides is 3. The fourth-order valence-electron chi connectivity index (χ4n) is 6.03. The van der Waals surface area contributed by atoms with Gasteiger partial charge < -0.3 is 38.6 Å². The number of fused-ring (bicyclic) bond motifs is 1. The fourth-order valence-corrected chi connectivity index (χ4v) is 6.03. The first-order chi connectivity index (χ1) is 23.1. The Kier molecular flexibility index (Phi) is 11.5. The van der Waals surface area contributed by atoms with Crippen molar-refractivity contribution in [3.63, 3.8) is 0 Å². The zero-order chi connectivity index (χ0) is 36.2. The van der Waals surface area contributed by atoms with E-state index in [0.717, 1.165) is 11.1 Å². The number of rotatable bonds is 12. The monoisotopic (exact) mass is 686 g/mol. The van der Waals surface area contributed by atoms with Crippen LogP contribution in [0.2, 0.25) is 0 Å². The third-order valence-corrected chi connectivity index (χ3v) is 8.39. The highest BCUT2D eigenvalue weighted by Crippen LogP contribution is 2.41. The number of aliphatic carboxylic acids is 1. The number of benzene rings is 1. The van der Waals surface area contributed by atoms with Crippen LogP contribution >= 0.6 is 0 Å². The maximum atomic E-state index is 14.4. The highest BCUT2D eigenvalue weighted by Gasteiger charge is 2.41. The lowest BCUT2D eigenvalue weighted by atomic mass is 10.1. The van der Waals surface area contributed by atoms with Gasteiger partial charge in [-0.3, -0.25) is 19.4 Å². The number of nitrogens with zero attached hydrogens (tertiary/aromatic N) is 5. The van der Waals surface area contributed by atoms with Crippen LogP contribution in [0.5, 0.6) is 11.5 Å². The Morgan fingerprint density at radius 2 is 1.80 bits per heavy atom. The maximum Gasteiger partial charge on any atom is 0.410 e. The molecule has 0 spiro atoms. The molecule has 0 bridgehead atoms. The summed E-state index contributed by atoms with van der Waals surface area (Å²) in [6.45, 7) is 15.7. The van der Waals surface area contributed by atoms with Crippen molar-refractivity contribution in [1.29, 1.82) is 0 Å². The van der Waals surface area contributed by atoms with Gasteiger partial charge in [-0.15, -0.1) is 0 Å². The first-order valence-electron chi connectivity index (χ1n) is 16.3. The molecule has 268 valence electrons. The van der Waals surface area contributed by atoms with Gasteiger partial charge in [0.15, 0.2) is 11.4 Å². The van der Waals surface area contributed by atoms with Crippen molar-refractivity contribution in [2.45, 2.75) is 65.6 Å². The van der Waals surface area contributed by atoms with Gasteiger partial charge in [-0.25, -0.2) is 15.0 Å². The standard InChI is InChI=1S/C34H47FN6O8/c1-8-37-19-21(2)41-28(22(3)38-13-15-39(16-14-38)33(46)49-34(4,5)6)27(30(47-7)29(41)32(37)45)31(44)40(36)20-23-11-12-24(35)18-25(23)48-17-9-10-26(42)43/h11-12,18,21H,3,8-10,13-17,19-20,36H2,1-2,4-7H3,(H,42,43)/t21-/m0/s1. The Hall–Kier alpha value is -4.79. The largest absolute Gasteiger partial charge is 0.493 e. The summed E-state index contributed by atoms with van der Waals surface area (Å²) in [4.78, 5) is 57.0. The first-order valence-corrected chi connectivity index (χ1v) is 16.3. The molecule has 1 fully saturated rings. The van der Waals surface area contributed by atoms with Crippen molar-refractivity contribution in [2.75, 3.05) is 53.0 Å². The van der Waals surface area contributed by atoms with Gasteiger partial charge in [0, 0.05) is 63.4 Å². The number of hydrogen-bond donors (Lipinski definition) is 2. The number of halogens is 1. The molecule has 4 rings (SSSR count). The highest BCUT2D eigenvalue weighted by molar-refractivity contribution is 6.07. The molecule has 14 nitrogen and oxygen atoms in total. The summed E-state index contributed by atoms with van der Waals surface area (Å²) in [6.07, 6.45) is -0.345. The van der Waals surface area contributed by atoms with Crippen molar-refractivity contribution in [2.24, 2.45) is 5.84 Å². The number of hydrazine groups is 1. The number of nitrogens with two attached hydrogens (primary N) is 1. The van der Waals surface area contributed by atoms with E-state index in [2.05, 4.69) is 6.58 Å². The number of methoxy groups -OCH3 is 1. The number of ether oxygens (including phenoxy) is 3. The number of carbonyl (C=O) groups excluding carboxylic acids is 3. The van der Waals surface area contributed by atoms with Gasteiger partial charge in [-0.05, 0) is 47.1 Å². The Balaban J connectivity index is 1.69. The summed E-state index contributed by atoms with van der Waals surface area (Å²) in [7, 11) is 1.38. The third kappa shape index (κ3) is 8.27. The smallest absolute Gasteiger partial charge is 0.410 e. The molecule has 2 aliphatic heterocycles. The summed E-state index contributed by atoms with van der Waals surface area (Å²) >= 11 is 0. The second-order valence-corrected chi connectivity index (χ2v) is 13.1. The summed E-state index contributed by atoms with van der Waals surface area (Å²) in [5, 5.41) is 9.87. The van der Waals surface area contributed by atoms with Gasteiger partial charge >= 0.3 is 12.1 Å². The Morgan fingerprint density at radius 1 is 1.14 bits per heavy atom. The van der Waals surface area contributed by atoms with Crippen LogP contribution in [0, 0.1) is 5.82 Å². The zero-order valence-electron chi connectivity index (χ0n) is 29.1. The molecule has 0 saturated carbocycles. The lowest BCUT2D eigenvalue weighted by Gasteiger charge is -2.39. The molecule has 49 heavy (non-hydrogen) atoms. The molecule has 15 heteroatoms. The fraction of sp³-hybridized carbons (Fsp3) is 0.529. The summed E-state index contributed by atoms with van der Waals surface area (Å²) in [5.41, 5.74) is 0.823. The molecule has 0 unspecified atom stereocenters. The van der Waals surface area contributed by atoms with Crippen molar-refractivity contribution >= 4 is 29.6 Å². The van der Waals surface area contributed by atoms with Gasteiger partial charge in [0.05, 0.1) is 31.7 Å². The Morgan fingerprint density at radius 3 is 2.39 bits per heavy atom. The van der Waals surface area contributed by atoms with E-state index in [1.165, 1.54) is 19.2 Å². The highest BCUT2D eigenvalue weighted by atomic mass is 19.1. The minimum atomic E-state index is -0.983. The van der Waals surface area contributed by atoms with Gasteiger partial charge in [0.1, 0.15) is 22.7 Å². The van der Waals surface area contributed by atoms with Gasteiger partial charge in [-0.1, -0.05) is 12.6 Å². The number of aromatic nitrogens is 1. The SMILES string of the molecule is C=C(c1c(C(=O)N(N)Cc2ccc(F)cc2OCCCC(=O)O)c(OC)c2n1[C@@H](C)CN(CC)C2=O)N1CCN(C(=O)OC(C)(C)C)CC1. The number of carboxylic acid groups (broad SMARTS) is 1. The molecule has 1 aromatic carbocycles. The topological polar surface area (TPSA) is 160 Å². The Labute approximate surface area is 285 Å². The summed E-state index contributed by atoms with van der Waals surface area (Å²) in [6, 6.07) is 3.54. The van der Waals surface area contributed by atoms with Crippen LogP contribution in [0.3, 0.4) is 0 Å². The van der Waals surface area contributed by atoms with Crippen molar-refractivity contribution in [1.82, 2.24) is 24.3 Å². The number of carbonyl (C=O) groups is 4. The number of carboxylic acids is 1. The van der Waals surface area contributed by atoms with E-state index in [1.54, 1.807) is 35.1 Å². The van der Waals surface area contributed by atoms with Crippen LogP contribution in [0.25, 0.3) is 5.70 Å². The third-order valence-electron chi connectivity index (χ3n) is 8.39. The molecular formula is C34H47FN6O8. The van der Waals surface area contributed by atoms with Crippen LogP contribution in [-0.4, -0.2) is 112 Å². The van der Waals surface area contributed by atoms with Crippen molar-refractivity contribution < 1.29 is 42.9 Å².